The molecule has 1 aliphatic rings. The first-order valence-electron chi connectivity index (χ1n) is 7.13. The van der Waals surface area contributed by atoms with Crippen molar-refractivity contribution in [1.29, 1.82) is 0 Å². The first-order valence-corrected chi connectivity index (χ1v) is 7.50. The van der Waals surface area contributed by atoms with Gasteiger partial charge in [-0.1, -0.05) is 17.7 Å². The van der Waals surface area contributed by atoms with Gasteiger partial charge in [-0.15, -0.1) is 0 Å². The van der Waals surface area contributed by atoms with Gasteiger partial charge in [0.2, 0.25) is 5.91 Å². The Morgan fingerprint density at radius 3 is 2.30 bits per heavy atom. The second-order valence-corrected chi connectivity index (χ2v) is 5.71. The van der Waals surface area contributed by atoms with Gasteiger partial charge in [-0.25, -0.2) is 0 Å². The van der Waals surface area contributed by atoms with Crippen LogP contribution in [0.5, 0.6) is 11.5 Å². The molecule has 6 heteroatoms. The number of amides is 1. The molecule has 5 nitrogen and oxygen atoms in total. The topological polar surface area (TPSA) is 64.8 Å². The highest BCUT2D eigenvalue weighted by atomic mass is 35.5. The molecule has 1 saturated heterocycles. The maximum Gasteiger partial charge on any atom is 0.247 e. The minimum absolute atomic E-state index is 0.118. The second kappa shape index (κ2) is 6.10. The van der Waals surface area contributed by atoms with Crippen molar-refractivity contribution in [2.45, 2.75) is 12.1 Å². The molecule has 1 amide bonds. The number of benzene rings is 2. The zero-order valence-electron chi connectivity index (χ0n) is 12.8. The Bertz CT molecular complexity index is 733. The summed E-state index contributed by atoms with van der Waals surface area (Å²) in [5.41, 5.74) is 7.69. The summed E-state index contributed by atoms with van der Waals surface area (Å²) in [5, 5.41) is 0.619. The van der Waals surface area contributed by atoms with Crippen molar-refractivity contribution in [3.63, 3.8) is 0 Å². The predicted octanol–water partition coefficient (Wildman–Crippen LogP) is 2.77. The third-order valence-corrected chi connectivity index (χ3v) is 4.25. The highest BCUT2D eigenvalue weighted by molar-refractivity contribution is 6.30. The van der Waals surface area contributed by atoms with Crippen LogP contribution in [0.2, 0.25) is 5.02 Å². The molecule has 1 heterocycles. The number of methoxy groups -OCH3 is 2. The predicted molar refractivity (Wildman–Crippen MR) is 89.2 cm³/mol. The van der Waals surface area contributed by atoms with E-state index in [2.05, 4.69) is 0 Å². The molecule has 0 aliphatic carbocycles. The monoisotopic (exact) mass is 332 g/mol. The maximum absolute atomic E-state index is 12.2. The normalized spacial score (nSPS) is 20.2. The van der Waals surface area contributed by atoms with Gasteiger partial charge < -0.3 is 20.1 Å². The zero-order valence-corrected chi connectivity index (χ0v) is 13.6. The number of carbonyl (C=O) groups is 1. The van der Waals surface area contributed by atoms with E-state index in [1.165, 1.54) is 0 Å². The summed E-state index contributed by atoms with van der Waals surface area (Å²) < 4.78 is 10.6. The summed E-state index contributed by atoms with van der Waals surface area (Å²) in [6.07, 6.45) is 0. The van der Waals surface area contributed by atoms with Gasteiger partial charge in [0.05, 0.1) is 20.3 Å². The fourth-order valence-corrected chi connectivity index (χ4v) is 2.92. The molecule has 2 atom stereocenters. The lowest BCUT2D eigenvalue weighted by molar-refractivity contribution is -0.126. The number of hydrogen-bond donors (Lipinski definition) is 1. The summed E-state index contributed by atoms with van der Waals surface area (Å²) in [7, 11) is 3.15. The van der Waals surface area contributed by atoms with Crippen LogP contribution in [0.25, 0.3) is 0 Å². The smallest absolute Gasteiger partial charge is 0.247 e. The van der Waals surface area contributed by atoms with Crippen molar-refractivity contribution >= 4 is 23.2 Å². The summed E-state index contributed by atoms with van der Waals surface area (Å²) in [6.45, 7) is 0. The van der Waals surface area contributed by atoms with Gasteiger partial charge in [0.1, 0.15) is 6.04 Å². The Morgan fingerprint density at radius 2 is 1.70 bits per heavy atom. The van der Waals surface area contributed by atoms with Crippen LogP contribution in [0, 0.1) is 0 Å². The highest BCUT2D eigenvalue weighted by Gasteiger charge is 2.46. The van der Waals surface area contributed by atoms with Crippen LogP contribution >= 0.6 is 11.6 Å². The molecule has 2 N–H and O–H groups in total. The molecule has 1 aliphatic heterocycles. The summed E-state index contributed by atoms with van der Waals surface area (Å²) in [6, 6.07) is 11.8. The molecule has 120 valence electrons. The van der Waals surface area contributed by atoms with E-state index in [0.29, 0.717) is 16.5 Å². The van der Waals surface area contributed by atoms with Gasteiger partial charge in [0.25, 0.3) is 0 Å². The molecule has 0 spiro atoms. The first kappa shape index (κ1) is 15.6. The van der Waals surface area contributed by atoms with E-state index in [0.717, 1.165) is 11.3 Å². The average molecular weight is 333 g/mol. The number of rotatable bonds is 4. The van der Waals surface area contributed by atoms with E-state index < -0.39 is 6.04 Å². The van der Waals surface area contributed by atoms with E-state index >= 15 is 0 Å². The van der Waals surface area contributed by atoms with Crippen LogP contribution in [0.1, 0.15) is 11.6 Å². The number of carbonyl (C=O) groups excluding carboxylic acids is 1. The number of ether oxygens (including phenoxy) is 2. The SMILES string of the molecule is COc1ccc([C@@H]2[C@H](N)C(=O)N2c2ccc(Cl)cc2)cc1OC. The average Bonchev–Trinajstić information content (AvgIpc) is 2.59. The number of halogens is 1. The van der Waals surface area contributed by atoms with E-state index in [1.54, 1.807) is 43.4 Å². The third-order valence-electron chi connectivity index (χ3n) is 3.99. The molecule has 0 radical (unpaired) electrons. The Hall–Kier alpha value is -2.24. The fourth-order valence-electron chi connectivity index (χ4n) is 2.79. The van der Waals surface area contributed by atoms with Crippen molar-refractivity contribution in [3.05, 3.63) is 53.1 Å². The fraction of sp³-hybridized carbons (Fsp3) is 0.235. The number of β-lactam (4-membered cyclic amide) rings is 1. The van der Waals surface area contributed by atoms with Crippen LogP contribution in [-0.2, 0) is 4.79 Å². The Kier molecular flexibility index (Phi) is 4.15. The molecule has 0 saturated carbocycles. The quantitative estimate of drug-likeness (QED) is 0.874. The molecule has 2 aromatic carbocycles. The van der Waals surface area contributed by atoms with Crippen molar-refractivity contribution in [3.8, 4) is 11.5 Å². The molecule has 0 aromatic heterocycles. The lowest BCUT2D eigenvalue weighted by Crippen LogP contribution is -2.63. The van der Waals surface area contributed by atoms with Crippen LogP contribution in [0.3, 0.4) is 0 Å². The largest absolute Gasteiger partial charge is 0.493 e. The molecular formula is C17H17ClN2O3. The van der Waals surface area contributed by atoms with Gasteiger partial charge in [-0.3, -0.25) is 4.79 Å². The van der Waals surface area contributed by atoms with Crippen LogP contribution in [-0.4, -0.2) is 26.2 Å². The third kappa shape index (κ3) is 2.62. The summed E-state index contributed by atoms with van der Waals surface area (Å²) in [5.74, 6) is 1.12. The standard InChI is InChI=1S/C17H17ClN2O3/c1-22-13-8-3-10(9-14(13)23-2)16-15(19)17(21)20(16)12-6-4-11(18)5-7-12/h3-9,15-16H,19H2,1-2H3/t15-,16+/m0/s1. The van der Waals surface area contributed by atoms with Crippen molar-refractivity contribution in [2.24, 2.45) is 5.73 Å². The molecule has 3 rings (SSSR count). The maximum atomic E-state index is 12.2. The van der Waals surface area contributed by atoms with Crippen LogP contribution < -0.4 is 20.1 Å². The minimum atomic E-state index is -0.580. The lowest BCUT2D eigenvalue weighted by Gasteiger charge is -2.45. The molecule has 0 unspecified atom stereocenters. The number of hydrogen-bond acceptors (Lipinski definition) is 4. The minimum Gasteiger partial charge on any atom is -0.493 e. The Balaban J connectivity index is 1.97. The van der Waals surface area contributed by atoms with Crippen molar-refractivity contribution in [2.75, 3.05) is 19.1 Å². The van der Waals surface area contributed by atoms with E-state index in [4.69, 9.17) is 26.8 Å². The van der Waals surface area contributed by atoms with Gasteiger partial charge in [0, 0.05) is 10.7 Å². The molecule has 2 aromatic rings. The summed E-state index contributed by atoms with van der Waals surface area (Å²) >= 11 is 5.91. The number of nitrogens with two attached hydrogens (primary N) is 1. The van der Waals surface area contributed by atoms with Crippen molar-refractivity contribution in [1.82, 2.24) is 0 Å². The number of anilines is 1. The first-order chi connectivity index (χ1) is 11.1. The number of nitrogens with zero attached hydrogens (tertiary/aromatic N) is 1. The Morgan fingerprint density at radius 1 is 1.04 bits per heavy atom. The molecular weight excluding hydrogens is 316 g/mol. The van der Waals surface area contributed by atoms with Crippen molar-refractivity contribution < 1.29 is 14.3 Å². The van der Waals surface area contributed by atoms with Gasteiger partial charge in [0.15, 0.2) is 11.5 Å². The molecule has 0 bridgehead atoms. The molecule has 1 fully saturated rings. The van der Waals surface area contributed by atoms with E-state index in [1.807, 2.05) is 18.2 Å². The van der Waals surface area contributed by atoms with Gasteiger partial charge >= 0.3 is 0 Å². The van der Waals surface area contributed by atoms with Crippen LogP contribution in [0.4, 0.5) is 5.69 Å². The van der Waals surface area contributed by atoms with E-state index in [-0.39, 0.29) is 11.9 Å². The zero-order chi connectivity index (χ0) is 16.6. The highest BCUT2D eigenvalue weighted by Crippen LogP contribution is 2.41. The lowest BCUT2D eigenvalue weighted by atomic mass is 9.88. The summed E-state index contributed by atoms with van der Waals surface area (Å²) in [4.78, 5) is 13.9. The van der Waals surface area contributed by atoms with Gasteiger partial charge in [-0.05, 0) is 42.0 Å². The van der Waals surface area contributed by atoms with Crippen LogP contribution in [0.15, 0.2) is 42.5 Å². The second-order valence-electron chi connectivity index (χ2n) is 5.27. The van der Waals surface area contributed by atoms with E-state index in [9.17, 15) is 4.79 Å². The molecule has 23 heavy (non-hydrogen) atoms. The Labute approximate surface area is 139 Å². The van der Waals surface area contributed by atoms with Gasteiger partial charge in [-0.2, -0.15) is 0 Å².